The molecule has 0 saturated carbocycles. The molecule has 0 aromatic carbocycles. The average Bonchev–Trinajstić information content (AvgIpc) is 2.71. The standard InChI is InChI=1S/C14H22N4/c1-17(2)10-8-16-13-6-9-18(3)14(13)12-5-4-7-15-11-12/h4-5,7,11,14H,6,8-10H2,1-3H3/b16-13-/t14-/m1/s1. The molecule has 1 fully saturated rings. The van der Waals surface area contributed by atoms with Gasteiger partial charge < -0.3 is 4.90 Å². The van der Waals surface area contributed by atoms with Crippen molar-refractivity contribution in [1.29, 1.82) is 0 Å². The van der Waals surface area contributed by atoms with Crippen LogP contribution in [-0.2, 0) is 0 Å². The maximum atomic E-state index is 4.78. The van der Waals surface area contributed by atoms with E-state index in [1.807, 2.05) is 18.5 Å². The summed E-state index contributed by atoms with van der Waals surface area (Å²) in [6.07, 6.45) is 4.85. The van der Waals surface area contributed by atoms with E-state index in [2.05, 4.69) is 42.0 Å². The molecular weight excluding hydrogens is 224 g/mol. The Kier molecular flexibility index (Phi) is 4.44. The number of pyridine rings is 1. The van der Waals surface area contributed by atoms with Gasteiger partial charge in [0, 0.05) is 37.6 Å². The maximum Gasteiger partial charge on any atom is 0.0745 e. The van der Waals surface area contributed by atoms with Crippen LogP contribution in [0, 0.1) is 0 Å². The number of aliphatic imine (C=N–C) groups is 1. The van der Waals surface area contributed by atoms with Crippen molar-refractivity contribution in [1.82, 2.24) is 14.8 Å². The highest BCUT2D eigenvalue weighted by atomic mass is 15.2. The lowest BCUT2D eigenvalue weighted by Crippen LogP contribution is -2.22. The Morgan fingerprint density at radius 3 is 3.00 bits per heavy atom. The van der Waals surface area contributed by atoms with Crippen LogP contribution >= 0.6 is 0 Å². The molecule has 0 spiro atoms. The Morgan fingerprint density at radius 1 is 1.50 bits per heavy atom. The Labute approximate surface area is 109 Å². The van der Waals surface area contributed by atoms with Crippen molar-refractivity contribution in [2.24, 2.45) is 4.99 Å². The number of nitrogens with zero attached hydrogens (tertiary/aromatic N) is 4. The number of hydrogen-bond acceptors (Lipinski definition) is 4. The van der Waals surface area contributed by atoms with Crippen molar-refractivity contribution in [3.63, 3.8) is 0 Å². The fraction of sp³-hybridized carbons (Fsp3) is 0.571. The first-order valence-corrected chi connectivity index (χ1v) is 6.46. The summed E-state index contributed by atoms with van der Waals surface area (Å²) < 4.78 is 0. The minimum Gasteiger partial charge on any atom is -0.308 e. The van der Waals surface area contributed by atoms with Gasteiger partial charge in [-0.25, -0.2) is 0 Å². The highest BCUT2D eigenvalue weighted by Crippen LogP contribution is 2.27. The Hall–Kier alpha value is -1.26. The van der Waals surface area contributed by atoms with Crippen molar-refractivity contribution in [3.05, 3.63) is 30.1 Å². The second-order valence-corrected chi connectivity index (χ2v) is 5.10. The van der Waals surface area contributed by atoms with Gasteiger partial charge >= 0.3 is 0 Å². The first kappa shape index (κ1) is 13.2. The van der Waals surface area contributed by atoms with Crippen LogP contribution in [-0.4, -0.2) is 61.3 Å². The predicted molar refractivity (Wildman–Crippen MR) is 75.1 cm³/mol. The number of likely N-dealkylation sites (tertiary alicyclic amines) is 1. The lowest BCUT2D eigenvalue weighted by Gasteiger charge is -2.20. The average molecular weight is 246 g/mol. The zero-order valence-corrected chi connectivity index (χ0v) is 11.5. The van der Waals surface area contributed by atoms with Gasteiger partial charge in [-0.3, -0.25) is 14.9 Å². The van der Waals surface area contributed by atoms with Gasteiger partial charge in [0.1, 0.15) is 0 Å². The molecule has 1 saturated heterocycles. The van der Waals surface area contributed by atoms with E-state index in [0.29, 0.717) is 6.04 Å². The summed E-state index contributed by atoms with van der Waals surface area (Å²) in [6, 6.07) is 4.46. The fourth-order valence-electron chi connectivity index (χ4n) is 2.35. The van der Waals surface area contributed by atoms with Gasteiger partial charge in [-0.05, 0) is 32.8 Å². The lowest BCUT2D eigenvalue weighted by atomic mass is 10.1. The fourth-order valence-corrected chi connectivity index (χ4v) is 2.35. The van der Waals surface area contributed by atoms with E-state index in [1.165, 1.54) is 11.3 Å². The molecule has 18 heavy (non-hydrogen) atoms. The summed E-state index contributed by atoms with van der Waals surface area (Å²) in [4.78, 5) is 13.5. The lowest BCUT2D eigenvalue weighted by molar-refractivity contribution is 0.345. The third-order valence-corrected chi connectivity index (χ3v) is 3.34. The van der Waals surface area contributed by atoms with E-state index >= 15 is 0 Å². The molecule has 0 amide bonds. The van der Waals surface area contributed by atoms with Crippen molar-refractivity contribution < 1.29 is 0 Å². The van der Waals surface area contributed by atoms with Gasteiger partial charge in [-0.1, -0.05) is 6.07 Å². The minimum atomic E-state index is 0.320. The van der Waals surface area contributed by atoms with Crippen LogP contribution < -0.4 is 0 Å². The van der Waals surface area contributed by atoms with Crippen LogP contribution in [0.25, 0.3) is 0 Å². The van der Waals surface area contributed by atoms with Gasteiger partial charge in [-0.15, -0.1) is 0 Å². The van der Waals surface area contributed by atoms with Gasteiger partial charge in [0.15, 0.2) is 0 Å². The normalized spacial score (nSPS) is 23.1. The SMILES string of the molecule is CN(C)CC/N=C1/CCN(C)[C@@H]1c1cccnc1. The molecule has 0 aliphatic carbocycles. The zero-order valence-electron chi connectivity index (χ0n) is 11.5. The molecule has 0 bridgehead atoms. The second-order valence-electron chi connectivity index (χ2n) is 5.10. The number of likely N-dealkylation sites (N-methyl/N-ethyl adjacent to an activating group) is 1. The third kappa shape index (κ3) is 3.15. The van der Waals surface area contributed by atoms with E-state index < -0.39 is 0 Å². The van der Waals surface area contributed by atoms with E-state index in [9.17, 15) is 0 Å². The molecule has 0 radical (unpaired) electrons. The van der Waals surface area contributed by atoms with Gasteiger partial charge in [-0.2, -0.15) is 0 Å². The van der Waals surface area contributed by atoms with Crippen LogP contribution in [0.4, 0.5) is 0 Å². The van der Waals surface area contributed by atoms with Crippen LogP contribution in [0.5, 0.6) is 0 Å². The first-order chi connectivity index (χ1) is 8.68. The van der Waals surface area contributed by atoms with E-state index in [0.717, 1.165) is 26.1 Å². The van der Waals surface area contributed by atoms with E-state index in [4.69, 9.17) is 4.99 Å². The predicted octanol–water partition coefficient (Wildman–Crippen LogP) is 1.46. The van der Waals surface area contributed by atoms with E-state index in [-0.39, 0.29) is 0 Å². The second kappa shape index (κ2) is 6.07. The molecule has 1 aromatic heterocycles. The summed E-state index contributed by atoms with van der Waals surface area (Å²) in [7, 11) is 6.32. The molecule has 1 aliphatic rings. The van der Waals surface area contributed by atoms with Crippen LogP contribution in [0.15, 0.2) is 29.5 Å². The van der Waals surface area contributed by atoms with Crippen molar-refractivity contribution in [2.45, 2.75) is 12.5 Å². The van der Waals surface area contributed by atoms with Crippen LogP contribution in [0.1, 0.15) is 18.0 Å². The first-order valence-electron chi connectivity index (χ1n) is 6.46. The Bertz CT molecular complexity index is 400. The summed E-state index contributed by atoms with van der Waals surface area (Å²) in [6.45, 7) is 2.97. The van der Waals surface area contributed by atoms with Crippen LogP contribution in [0.2, 0.25) is 0 Å². The monoisotopic (exact) mass is 246 g/mol. The molecule has 1 atom stereocenters. The largest absolute Gasteiger partial charge is 0.308 e. The van der Waals surface area contributed by atoms with Gasteiger partial charge in [0.2, 0.25) is 0 Å². The highest BCUT2D eigenvalue weighted by molar-refractivity contribution is 5.92. The molecule has 1 aromatic rings. The quantitative estimate of drug-likeness (QED) is 0.806. The van der Waals surface area contributed by atoms with Gasteiger partial charge in [0.05, 0.1) is 12.6 Å². The topological polar surface area (TPSA) is 31.7 Å². The molecule has 0 unspecified atom stereocenters. The highest BCUT2D eigenvalue weighted by Gasteiger charge is 2.28. The third-order valence-electron chi connectivity index (χ3n) is 3.34. The maximum absolute atomic E-state index is 4.78. The summed E-state index contributed by atoms with van der Waals surface area (Å²) in [5, 5.41) is 0. The molecule has 0 N–H and O–H groups in total. The zero-order chi connectivity index (χ0) is 13.0. The number of aromatic nitrogens is 1. The summed E-state index contributed by atoms with van der Waals surface area (Å²) >= 11 is 0. The van der Waals surface area contributed by atoms with Crippen molar-refractivity contribution >= 4 is 5.71 Å². The molecule has 1 aliphatic heterocycles. The Morgan fingerprint density at radius 2 is 2.33 bits per heavy atom. The molecular formula is C14H22N4. The smallest absolute Gasteiger partial charge is 0.0745 e. The molecule has 4 nitrogen and oxygen atoms in total. The van der Waals surface area contributed by atoms with Crippen LogP contribution in [0.3, 0.4) is 0 Å². The van der Waals surface area contributed by atoms with Crippen molar-refractivity contribution in [2.75, 3.05) is 40.8 Å². The Balaban J connectivity index is 2.10. The summed E-state index contributed by atoms with van der Waals surface area (Å²) in [5.74, 6) is 0. The minimum absolute atomic E-state index is 0.320. The van der Waals surface area contributed by atoms with E-state index in [1.54, 1.807) is 0 Å². The number of rotatable bonds is 4. The van der Waals surface area contributed by atoms with Gasteiger partial charge in [0.25, 0.3) is 0 Å². The molecule has 98 valence electrons. The molecule has 2 heterocycles. The van der Waals surface area contributed by atoms with Crippen molar-refractivity contribution in [3.8, 4) is 0 Å². The number of hydrogen-bond donors (Lipinski definition) is 0. The molecule has 2 rings (SSSR count). The molecule has 4 heteroatoms. The summed E-state index contributed by atoms with van der Waals surface area (Å²) in [5.41, 5.74) is 2.55.